The van der Waals surface area contributed by atoms with Crippen LogP contribution in [0.1, 0.15) is 10.6 Å². The van der Waals surface area contributed by atoms with Crippen LogP contribution in [0.2, 0.25) is 5.02 Å². The summed E-state index contributed by atoms with van der Waals surface area (Å²) in [6.07, 6.45) is 0.639. The third-order valence-corrected chi connectivity index (χ3v) is 4.78. The topological polar surface area (TPSA) is 64.1 Å². The standard InChI is InChI=1S/C17H13BrClN3O2S/c18-12-3-7-14(8-4-12)24-10-15(23)20-17-22-21-16(25-17)9-11-1-5-13(19)6-2-11/h1-8H,9-10H2,(H,20,22,23). The number of ether oxygens (including phenoxy) is 1. The second-order valence-electron chi connectivity index (χ2n) is 5.09. The molecule has 0 spiro atoms. The number of hydrogen-bond donors (Lipinski definition) is 1. The van der Waals surface area contributed by atoms with Crippen LogP contribution in [-0.2, 0) is 11.2 Å². The number of nitrogens with zero attached hydrogens (tertiary/aromatic N) is 2. The smallest absolute Gasteiger partial charge is 0.264 e. The minimum atomic E-state index is -0.280. The van der Waals surface area contributed by atoms with Gasteiger partial charge in [0.05, 0.1) is 0 Å². The van der Waals surface area contributed by atoms with E-state index in [4.69, 9.17) is 16.3 Å². The van der Waals surface area contributed by atoms with Crippen molar-refractivity contribution < 1.29 is 9.53 Å². The van der Waals surface area contributed by atoms with E-state index in [1.165, 1.54) is 11.3 Å². The number of aromatic nitrogens is 2. The third-order valence-electron chi connectivity index (χ3n) is 3.17. The van der Waals surface area contributed by atoms with Gasteiger partial charge in [-0.05, 0) is 42.0 Å². The highest BCUT2D eigenvalue weighted by atomic mass is 79.9. The van der Waals surface area contributed by atoms with Gasteiger partial charge in [0, 0.05) is 15.9 Å². The summed E-state index contributed by atoms with van der Waals surface area (Å²) in [7, 11) is 0. The minimum Gasteiger partial charge on any atom is -0.484 e. The van der Waals surface area contributed by atoms with Gasteiger partial charge in [-0.1, -0.05) is 51.0 Å². The van der Waals surface area contributed by atoms with E-state index in [1.807, 2.05) is 36.4 Å². The van der Waals surface area contributed by atoms with Crippen LogP contribution in [0, 0.1) is 0 Å². The Hall–Kier alpha value is -1.96. The molecule has 128 valence electrons. The first-order chi connectivity index (χ1) is 12.1. The van der Waals surface area contributed by atoms with Gasteiger partial charge in [-0.25, -0.2) is 0 Å². The van der Waals surface area contributed by atoms with Gasteiger partial charge in [0.1, 0.15) is 10.8 Å². The number of amides is 1. The van der Waals surface area contributed by atoms with Gasteiger partial charge >= 0.3 is 0 Å². The zero-order valence-electron chi connectivity index (χ0n) is 12.9. The van der Waals surface area contributed by atoms with Gasteiger partial charge in [0.2, 0.25) is 5.13 Å². The molecule has 25 heavy (non-hydrogen) atoms. The number of halogens is 2. The number of rotatable bonds is 6. The highest BCUT2D eigenvalue weighted by Crippen LogP contribution is 2.20. The lowest BCUT2D eigenvalue weighted by atomic mass is 10.2. The molecule has 0 aliphatic rings. The third kappa shape index (κ3) is 5.52. The molecule has 0 unspecified atom stereocenters. The van der Waals surface area contributed by atoms with Crippen molar-refractivity contribution in [1.82, 2.24) is 10.2 Å². The highest BCUT2D eigenvalue weighted by Gasteiger charge is 2.09. The van der Waals surface area contributed by atoms with Crippen LogP contribution in [0.3, 0.4) is 0 Å². The first-order valence-corrected chi connectivity index (χ1v) is 9.32. The first kappa shape index (κ1) is 17.8. The van der Waals surface area contributed by atoms with Gasteiger partial charge in [0.25, 0.3) is 5.91 Å². The van der Waals surface area contributed by atoms with Crippen LogP contribution >= 0.6 is 38.9 Å². The summed E-state index contributed by atoms with van der Waals surface area (Å²) in [5, 5.41) is 12.7. The SMILES string of the molecule is O=C(COc1ccc(Br)cc1)Nc1nnc(Cc2ccc(Cl)cc2)s1. The molecule has 1 aromatic heterocycles. The second-order valence-corrected chi connectivity index (χ2v) is 7.51. The Balaban J connectivity index is 1.51. The van der Waals surface area contributed by atoms with Crippen LogP contribution in [-0.4, -0.2) is 22.7 Å². The van der Waals surface area contributed by atoms with Gasteiger partial charge < -0.3 is 4.74 Å². The number of nitrogens with one attached hydrogen (secondary N) is 1. The van der Waals surface area contributed by atoms with Crippen molar-refractivity contribution in [3.8, 4) is 5.75 Å². The van der Waals surface area contributed by atoms with Crippen LogP contribution in [0.4, 0.5) is 5.13 Å². The molecule has 0 saturated heterocycles. The van der Waals surface area contributed by atoms with Crippen LogP contribution in [0.25, 0.3) is 0 Å². The lowest BCUT2D eigenvalue weighted by molar-refractivity contribution is -0.118. The molecule has 0 aliphatic carbocycles. The van der Waals surface area contributed by atoms with Crippen LogP contribution in [0.5, 0.6) is 5.75 Å². The molecule has 1 N–H and O–H groups in total. The van der Waals surface area contributed by atoms with Crippen molar-refractivity contribution >= 4 is 49.9 Å². The molecule has 0 atom stereocenters. The fraction of sp³-hybridized carbons (Fsp3) is 0.118. The maximum atomic E-state index is 11.9. The Bertz CT molecular complexity index is 853. The van der Waals surface area contributed by atoms with E-state index in [-0.39, 0.29) is 12.5 Å². The van der Waals surface area contributed by atoms with Crippen molar-refractivity contribution in [3.05, 3.63) is 68.6 Å². The largest absolute Gasteiger partial charge is 0.484 e. The van der Waals surface area contributed by atoms with Crippen molar-refractivity contribution in [3.63, 3.8) is 0 Å². The Morgan fingerprint density at radius 3 is 2.56 bits per heavy atom. The zero-order chi connectivity index (χ0) is 17.6. The summed E-state index contributed by atoms with van der Waals surface area (Å²) in [5.74, 6) is 0.344. The molecule has 5 nitrogen and oxygen atoms in total. The summed E-state index contributed by atoms with van der Waals surface area (Å²) in [6, 6.07) is 14.8. The van der Waals surface area contributed by atoms with Crippen molar-refractivity contribution in [2.45, 2.75) is 6.42 Å². The normalized spacial score (nSPS) is 10.5. The lowest BCUT2D eigenvalue weighted by Crippen LogP contribution is -2.20. The van der Waals surface area contributed by atoms with Crippen molar-refractivity contribution in [1.29, 1.82) is 0 Å². The summed E-state index contributed by atoms with van der Waals surface area (Å²) in [4.78, 5) is 11.9. The summed E-state index contributed by atoms with van der Waals surface area (Å²) >= 11 is 10.5. The molecule has 0 aliphatic heterocycles. The quantitative estimate of drug-likeness (QED) is 0.613. The Kier molecular flexibility index (Phi) is 6.01. The Labute approximate surface area is 162 Å². The van der Waals surface area contributed by atoms with Gasteiger partial charge in [-0.2, -0.15) is 0 Å². The molecule has 3 rings (SSSR count). The average Bonchev–Trinajstić information content (AvgIpc) is 3.03. The van der Waals surface area contributed by atoms with Crippen molar-refractivity contribution in [2.75, 3.05) is 11.9 Å². The molecular weight excluding hydrogens is 426 g/mol. The van der Waals surface area contributed by atoms with Crippen LogP contribution < -0.4 is 10.1 Å². The fourth-order valence-electron chi connectivity index (χ4n) is 1.99. The highest BCUT2D eigenvalue weighted by molar-refractivity contribution is 9.10. The average molecular weight is 439 g/mol. The molecule has 2 aromatic carbocycles. The predicted molar refractivity (Wildman–Crippen MR) is 102 cm³/mol. The van der Waals surface area contributed by atoms with E-state index in [2.05, 4.69) is 31.4 Å². The Morgan fingerprint density at radius 1 is 1.12 bits per heavy atom. The van der Waals surface area contributed by atoms with E-state index in [1.54, 1.807) is 12.1 Å². The minimum absolute atomic E-state index is 0.0896. The molecule has 8 heteroatoms. The van der Waals surface area contributed by atoms with E-state index >= 15 is 0 Å². The van der Waals surface area contributed by atoms with Gasteiger partial charge in [0.15, 0.2) is 6.61 Å². The first-order valence-electron chi connectivity index (χ1n) is 7.33. The Morgan fingerprint density at radius 2 is 1.84 bits per heavy atom. The van der Waals surface area contributed by atoms with E-state index in [0.29, 0.717) is 22.3 Å². The number of hydrogen-bond acceptors (Lipinski definition) is 5. The summed E-state index contributed by atoms with van der Waals surface area (Å²) < 4.78 is 6.37. The maximum Gasteiger partial charge on any atom is 0.264 e. The predicted octanol–water partition coefficient (Wildman–Crippen LogP) is 4.56. The fourth-order valence-corrected chi connectivity index (χ4v) is 3.17. The molecule has 1 amide bonds. The second kappa shape index (κ2) is 8.42. The molecule has 3 aromatic rings. The van der Waals surface area contributed by atoms with E-state index in [0.717, 1.165) is 15.0 Å². The maximum absolute atomic E-state index is 11.9. The molecular formula is C17H13BrClN3O2S. The summed E-state index contributed by atoms with van der Waals surface area (Å²) in [5.41, 5.74) is 1.08. The van der Waals surface area contributed by atoms with E-state index in [9.17, 15) is 4.79 Å². The summed E-state index contributed by atoms with van der Waals surface area (Å²) in [6.45, 7) is -0.0896. The molecule has 0 radical (unpaired) electrons. The molecule has 0 bridgehead atoms. The number of benzene rings is 2. The molecule has 0 fully saturated rings. The zero-order valence-corrected chi connectivity index (χ0v) is 16.1. The molecule has 1 heterocycles. The van der Waals surface area contributed by atoms with Gasteiger partial charge in [-0.3, -0.25) is 10.1 Å². The monoisotopic (exact) mass is 437 g/mol. The van der Waals surface area contributed by atoms with Gasteiger partial charge in [-0.15, -0.1) is 10.2 Å². The van der Waals surface area contributed by atoms with E-state index < -0.39 is 0 Å². The number of carbonyl (C=O) groups excluding carboxylic acids is 1. The van der Waals surface area contributed by atoms with Crippen molar-refractivity contribution in [2.24, 2.45) is 0 Å². The van der Waals surface area contributed by atoms with Crippen LogP contribution in [0.15, 0.2) is 53.0 Å². The number of carbonyl (C=O) groups is 1. The number of anilines is 1. The lowest BCUT2D eigenvalue weighted by Gasteiger charge is -2.05. The molecule has 0 saturated carbocycles.